The van der Waals surface area contributed by atoms with Crippen LogP contribution in [-0.2, 0) is 18.9 Å². The predicted octanol–water partition coefficient (Wildman–Crippen LogP) is 4.59. The third-order valence-electron chi connectivity index (χ3n) is 8.75. The average molecular weight is 621 g/mol. The quantitative estimate of drug-likeness (QED) is 0.118. The molecule has 44 heavy (non-hydrogen) atoms. The number of unbranched alkanes of at least 4 members (excludes halogenated alkanes) is 13. The third kappa shape index (κ3) is 10.6. The number of carbonyl (C=O) groups excluding carboxylic acids is 2. The van der Waals surface area contributed by atoms with Crippen molar-refractivity contribution >= 4 is 11.8 Å². The highest BCUT2D eigenvalue weighted by atomic mass is 16.7. The van der Waals surface area contributed by atoms with Crippen molar-refractivity contribution in [1.82, 2.24) is 4.90 Å². The summed E-state index contributed by atoms with van der Waals surface area (Å²) in [7, 11) is 1.55. The van der Waals surface area contributed by atoms with Crippen LogP contribution in [-0.4, -0.2) is 97.2 Å². The van der Waals surface area contributed by atoms with E-state index in [1.165, 1.54) is 77.0 Å². The van der Waals surface area contributed by atoms with Gasteiger partial charge in [0.1, 0.15) is 30.5 Å². The molecule has 4 N–H and O–H groups in total. The van der Waals surface area contributed by atoms with Gasteiger partial charge >= 0.3 is 0 Å². The number of methoxy groups -OCH3 is 1. The maximum absolute atomic E-state index is 13.2. The summed E-state index contributed by atoms with van der Waals surface area (Å²) in [6.07, 6.45) is 12.7. The summed E-state index contributed by atoms with van der Waals surface area (Å²) in [6.45, 7) is 3.12. The van der Waals surface area contributed by atoms with E-state index in [0.717, 1.165) is 17.7 Å². The smallest absolute Gasteiger partial charge is 0.262 e. The zero-order valence-corrected chi connectivity index (χ0v) is 26.9. The van der Waals surface area contributed by atoms with E-state index in [1.54, 1.807) is 31.4 Å². The van der Waals surface area contributed by atoms with Crippen LogP contribution >= 0.6 is 0 Å². The molecule has 1 aromatic carbocycles. The van der Waals surface area contributed by atoms with Crippen molar-refractivity contribution in [3.05, 3.63) is 35.4 Å². The molecule has 0 aromatic heterocycles. The Morgan fingerprint density at radius 2 is 1.34 bits per heavy atom. The number of hydrogen-bond acceptors (Lipinski definition) is 9. The highest BCUT2D eigenvalue weighted by Crippen LogP contribution is 2.32. The summed E-state index contributed by atoms with van der Waals surface area (Å²) in [4.78, 5) is 27.2. The number of nitrogens with zero attached hydrogens (tertiary/aromatic N) is 1. The minimum atomic E-state index is -1.51. The van der Waals surface area contributed by atoms with Gasteiger partial charge in [-0.1, -0.05) is 103 Å². The van der Waals surface area contributed by atoms with E-state index in [2.05, 4.69) is 6.92 Å². The van der Waals surface area contributed by atoms with Gasteiger partial charge in [-0.2, -0.15) is 0 Å². The largest absolute Gasteiger partial charge is 0.388 e. The second-order valence-corrected chi connectivity index (χ2v) is 12.1. The molecule has 1 aromatic rings. The number of aliphatic hydroxyl groups excluding tert-OH is 2. The monoisotopic (exact) mass is 620 g/mol. The first kappa shape index (κ1) is 36.5. The fraction of sp³-hybridized carbons (Fsp3) is 0.765. The Hall–Kier alpha value is -1.92. The van der Waals surface area contributed by atoms with E-state index in [4.69, 9.17) is 24.7 Å². The number of rotatable bonds is 23. The first-order valence-corrected chi connectivity index (χ1v) is 16.8. The first-order valence-electron chi connectivity index (χ1n) is 16.8. The van der Waals surface area contributed by atoms with Crippen LogP contribution in [0.1, 0.15) is 118 Å². The molecule has 0 saturated carbocycles. The fourth-order valence-electron chi connectivity index (χ4n) is 6.00. The van der Waals surface area contributed by atoms with Crippen molar-refractivity contribution in [2.45, 2.75) is 134 Å². The molecule has 3 rings (SSSR count). The molecule has 10 nitrogen and oxygen atoms in total. The van der Waals surface area contributed by atoms with Crippen LogP contribution in [0.3, 0.4) is 0 Å². The van der Waals surface area contributed by atoms with Crippen molar-refractivity contribution < 1.29 is 38.7 Å². The molecule has 6 atom stereocenters. The van der Waals surface area contributed by atoms with Crippen molar-refractivity contribution in [3.8, 4) is 0 Å². The molecule has 0 aliphatic carbocycles. The standard InChI is InChI=1S/C34H56N2O8/c1-3-4-5-6-7-8-9-10-11-12-13-14-15-18-21-42-23-25(41-2)24-43-34-29(31(38)30(37)28(22-35)44-34)36-32(39)26-19-16-17-20-27(26)33(36)40/h16-17,19-20,25,28-31,34,37-38H,3-15,18,21-24,35H2,1-2H3/t25-,28?,29?,30-,31-,34-/m1/s1. The van der Waals surface area contributed by atoms with Crippen molar-refractivity contribution in [1.29, 1.82) is 0 Å². The highest BCUT2D eigenvalue weighted by Gasteiger charge is 2.53. The Labute approximate surface area is 263 Å². The van der Waals surface area contributed by atoms with E-state index in [1.807, 2.05) is 0 Å². The molecule has 10 heteroatoms. The van der Waals surface area contributed by atoms with Gasteiger partial charge in [-0.3, -0.25) is 14.5 Å². The molecule has 2 amide bonds. The normalized spacial score (nSPS) is 24.2. The number of fused-ring (bicyclic) bond motifs is 1. The second kappa shape index (κ2) is 20.3. The third-order valence-corrected chi connectivity index (χ3v) is 8.75. The molecule has 2 heterocycles. The maximum atomic E-state index is 13.2. The summed E-state index contributed by atoms with van der Waals surface area (Å²) >= 11 is 0. The van der Waals surface area contributed by atoms with Gasteiger partial charge in [-0.25, -0.2) is 0 Å². The molecular formula is C34H56N2O8. The number of hydrogen-bond donors (Lipinski definition) is 3. The van der Waals surface area contributed by atoms with Crippen LogP contribution in [0.4, 0.5) is 0 Å². The molecule has 0 spiro atoms. The molecule has 250 valence electrons. The number of nitrogens with two attached hydrogens (primary N) is 1. The second-order valence-electron chi connectivity index (χ2n) is 12.1. The number of ether oxygens (including phenoxy) is 4. The first-order chi connectivity index (χ1) is 21.4. The lowest BCUT2D eigenvalue weighted by Gasteiger charge is -2.45. The lowest BCUT2D eigenvalue weighted by atomic mass is 9.95. The summed E-state index contributed by atoms with van der Waals surface area (Å²) < 4.78 is 23.2. The van der Waals surface area contributed by atoms with Gasteiger partial charge in [-0.05, 0) is 18.6 Å². The zero-order valence-electron chi connectivity index (χ0n) is 26.9. The number of aliphatic hydroxyl groups is 2. The lowest BCUT2D eigenvalue weighted by molar-refractivity contribution is -0.277. The molecule has 0 bridgehead atoms. The Bertz CT molecular complexity index is 943. The van der Waals surface area contributed by atoms with Gasteiger partial charge in [0, 0.05) is 20.3 Å². The van der Waals surface area contributed by atoms with Crippen LogP contribution < -0.4 is 5.73 Å². The van der Waals surface area contributed by atoms with E-state index in [-0.39, 0.29) is 24.3 Å². The Morgan fingerprint density at radius 3 is 1.84 bits per heavy atom. The summed E-state index contributed by atoms with van der Waals surface area (Å²) in [5.41, 5.74) is 6.21. The molecule has 1 fully saturated rings. The SMILES string of the molecule is CCCCCCCCCCCCCCCCOC[C@H](CO[C@@H]1OC(CN)[C@@H](O)[C@H](O)C1N1C(=O)c2ccccc2C1=O)OC. The number of benzene rings is 1. The van der Waals surface area contributed by atoms with Crippen LogP contribution in [0, 0.1) is 0 Å². The average Bonchev–Trinajstić information content (AvgIpc) is 3.29. The number of carbonyl (C=O) groups is 2. The van der Waals surface area contributed by atoms with E-state index < -0.39 is 48.6 Å². The molecule has 2 unspecified atom stereocenters. The van der Waals surface area contributed by atoms with Gasteiger partial charge in [-0.15, -0.1) is 0 Å². The van der Waals surface area contributed by atoms with Gasteiger partial charge in [0.25, 0.3) is 11.8 Å². The molecule has 2 aliphatic rings. The van der Waals surface area contributed by atoms with Crippen LogP contribution in [0.25, 0.3) is 0 Å². The maximum Gasteiger partial charge on any atom is 0.262 e. The molecule has 0 radical (unpaired) electrons. The Kier molecular flexibility index (Phi) is 16.8. The van der Waals surface area contributed by atoms with Gasteiger partial charge in [0.2, 0.25) is 0 Å². The van der Waals surface area contributed by atoms with Crippen LogP contribution in [0.2, 0.25) is 0 Å². The molecule has 2 aliphatic heterocycles. The highest BCUT2D eigenvalue weighted by molar-refractivity contribution is 6.21. The minimum Gasteiger partial charge on any atom is -0.388 e. The predicted molar refractivity (Wildman–Crippen MR) is 168 cm³/mol. The van der Waals surface area contributed by atoms with Crippen LogP contribution in [0.5, 0.6) is 0 Å². The fourth-order valence-corrected chi connectivity index (χ4v) is 6.00. The zero-order chi connectivity index (χ0) is 31.7. The number of amides is 2. The van der Waals surface area contributed by atoms with Crippen LogP contribution in [0.15, 0.2) is 24.3 Å². The Morgan fingerprint density at radius 1 is 0.818 bits per heavy atom. The molecule has 1 saturated heterocycles. The Balaban J connectivity index is 1.35. The minimum absolute atomic E-state index is 0.0275. The summed E-state index contributed by atoms with van der Waals surface area (Å²) in [5.74, 6) is -1.16. The van der Waals surface area contributed by atoms with Gasteiger partial charge < -0.3 is 34.9 Å². The van der Waals surface area contributed by atoms with Crippen molar-refractivity contribution in [2.24, 2.45) is 5.73 Å². The van der Waals surface area contributed by atoms with Crippen molar-refractivity contribution in [3.63, 3.8) is 0 Å². The van der Waals surface area contributed by atoms with Gasteiger partial charge in [0.15, 0.2) is 6.29 Å². The lowest BCUT2D eigenvalue weighted by Crippen LogP contribution is -2.66. The van der Waals surface area contributed by atoms with E-state index >= 15 is 0 Å². The summed E-state index contributed by atoms with van der Waals surface area (Å²) in [5, 5.41) is 21.6. The molecular weight excluding hydrogens is 564 g/mol. The number of imide groups is 1. The topological polar surface area (TPSA) is 141 Å². The van der Waals surface area contributed by atoms with E-state index in [9.17, 15) is 19.8 Å². The summed E-state index contributed by atoms with van der Waals surface area (Å²) in [6, 6.07) is 5.16. The van der Waals surface area contributed by atoms with Gasteiger partial charge in [0.05, 0.1) is 24.3 Å². The van der Waals surface area contributed by atoms with E-state index in [0.29, 0.717) is 13.2 Å². The van der Waals surface area contributed by atoms with Crippen molar-refractivity contribution in [2.75, 3.05) is 33.5 Å².